The molecular formula is C21H22N6O. The third-order valence-electron chi connectivity index (χ3n) is 4.62. The van der Waals surface area contributed by atoms with E-state index in [0.29, 0.717) is 11.3 Å². The molecular weight excluding hydrogens is 352 g/mol. The number of hydrogen-bond acceptors (Lipinski definition) is 5. The summed E-state index contributed by atoms with van der Waals surface area (Å²) in [5.74, 6) is 0.122. The lowest BCUT2D eigenvalue weighted by molar-refractivity contribution is 0.514. The number of aryl methyl sites for hydroxylation is 2. The Morgan fingerprint density at radius 3 is 2.21 bits per heavy atom. The molecule has 3 aromatic heterocycles. The van der Waals surface area contributed by atoms with Crippen molar-refractivity contribution in [2.45, 2.75) is 33.7 Å². The molecule has 0 amide bonds. The summed E-state index contributed by atoms with van der Waals surface area (Å²) in [6.07, 6.45) is 0. The Morgan fingerprint density at radius 2 is 1.61 bits per heavy atom. The number of nitrogens with zero attached hydrogens (tertiary/aromatic N) is 5. The summed E-state index contributed by atoms with van der Waals surface area (Å²) in [5, 5.41) is 4.62. The number of fused-ring (bicyclic) bond motifs is 1. The summed E-state index contributed by atoms with van der Waals surface area (Å²) in [4.78, 5) is 22.0. The van der Waals surface area contributed by atoms with Gasteiger partial charge in [0.05, 0.1) is 17.3 Å². The highest BCUT2D eigenvalue weighted by Crippen LogP contribution is 2.34. The van der Waals surface area contributed by atoms with Crippen molar-refractivity contribution in [2.24, 2.45) is 0 Å². The van der Waals surface area contributed by atoms with E-state index in [1.807, 2.05) is 70.2 Å². The first kappa shape index (κ1) is 17.9. The first-order valence-corrected chi connectivity index (χ1v) is 9.18. The fourth-order valence-electron chi connectivity index (χ4n) is 3.46. The van der Waals surface area contributed by atoms with Crippen LogP contribution in [0.1, 0.15) is 31.3 Å². The Balaban J connectivity index is 2.19. The molecule has 0 aliphatic carbocycles. The highest BCUT2D eigenvalue weighted by atomic mass is 16.2. The van der Waals surface area contributed by atoms with Gasteiger partial charge in [0.1, 0.15) is 0 Å². The van der Waals surface area contributed by atoms with Gasteiger partial charge in [-0.05, 0) is 45.4 Å². The molecule has 7 nitrogen and oxygen atoms in total. The fraction of sp³-hybridized carbons (Fsp3) is 0.238. The van der Waals surface area contributed by atoms with Gasteiger partial charge in [-0.2, -0.15) is 0 Å². The van der Waals surface area contributed by atoms with Crippen molar-refractivity contribution < 1.29 is 0 Å². The molecule has 3 heterocycles. The lowest BCUT2D eigenvalue weighted by Crippen LogP contribution is -2.24. The van der Waals surface area contributed by atoms with E-state index < -0.39 is 0 Å². The summed E-state index contributed by atoms with van der Waals surface area (Å²) in [6, 6.07) is 13.6. The Labute approximate surface area is 162 Å². The van der Waals surface area contributed by atoms with E-state index in [0.717, 1.165) is 28.1 Å². The second-order valence-electron chi connectivity index (χ2n) is 7.18. The Kier molecular flexibility index (Phi) is 4.22. The van der Waals surface area contributed by atoms with Crippen LogP contribution in [0.15, 0.2) is 47.3 Å². The number of pyridine rings is 1. The van der Waals surface area contributed by atoms with Crippen LogP contribution in [-0.2, 0) is 0 Å². The van der Waals surface area contributed by atoms with Crippen LogP contribution in [0, 0.1) is 13.8 Å². The van der Waals surface area contributed by atoms with E-state index in [1.54, 1.807) is 0 Å². The normalized spacial score (nSPS) is 11.5. The largest absolute Gasteiger partial charge is 0.369 e. The van der Waals surface area contributed by atoms with E-state index in [4.69, 9.17) is 5.73 Å². The number of rotatable bonds is 3. The van der Waals surface area contributed by atoms with Crippen LogP contribution in [0.2, 0.25) is 0 Å². The molecule has 0 aliphatic heterocycles. The van der Waals surface area contributed by atoms with Crippen LogP contribution in [0.5, 0.6) is 0 Å². The quantitative estimate of drug-likeness (QED) is 0.593. The molecule has 28 heavy (non-hydrogen) atoms. The number of benzene rings is 1. The molecule has 1 aromatic carbocycles. The molecule has 0 unspecified atom stereocenters. The number of nitrogen functional groups attached to an aromatic ring is 1. The molecule has 0 saturated heterocycles. The van der Waals surface area contributed by atoms with Gasteiger partial charge in [-0.25, -0.2) is 18.9 Å². The maximum Gasteiger partial charge on any atom is 0.353 e. The van der Waals surface area contributed by atoms with Gasteiger partial charge in [-0.3, -0.25) is 4.98 Å². The van der Waals surface area contributed by atoms with E-state index in [2.05, 4.69) is 15.1 Å². The van der Waals surface area contributed by atoms with Crippen LogP contribution in [0.25, 0.3) is 28.0 Å². The molecule has 7 heteroatoms. The fourth-order valence-corrected chi connectivity index (χ4v) is 3.46. The monoisotopic (exact) mass is 374 g/mol. The molecule has 4 aromatic rings. The average molecular weight is 374 g/mol. The van der Waals surface area contributed by atoms with Crippen molar-refractivity contribution in [3.63, 3.8) is 0 Å². The average Bonchev–Trinajstić information content (AvgIpc) is 2.99. The highest BCUT2D eigenvalue weighted by molar-refractivity contribution is 5.90. The number of hydrogen-bond donors (Lipinski definition) is 1. The van der Waals surface area contributed by atoms with Gasteiger partial charge in [-0.1, -0.05) is 30.3 Å². The third kappa shape index (κ3) is 2.85. The van der Waals surface area contributed by atoms with Crippen molar-refractivity contribution in [2.75, 3.05) is 5.73 Å². The lowest BCUT2D eigenvalue weighted by atomic mass is 9.99. The zero-order chi connectivity index (χ0) is 20.0. The Bertz CT molecular complexity index is 1220. The predicted molar refractivity (Wildman–Crippen MR) is 110 cm³/mol. The maximum absolute atomic E-state index is 12.9. The molecule has 0 fully saturated rings. The summed E-state index contributed by atoms with van der Waals surface area (Å²) in [6.45, 7) is 7.71. The van der Waals surface area contributed by atoms with Crippen LogP contribution in [0.4, 0.5) is 5.95 Å². The minimum absolute atomic E-state index is 0.0965. The van der Waals surface area contributed by atoms with Gasteiger partial charge in [0.15, 0.2) is 5.65 Å². The smallest absolute Gasteiger partial charge is 0.353 e. The van der Waals surface area contributed by atoms with Gasteiger partial charge in [0.2, 0.25) is 5.95 Å². The van der Waals surface area contributed by atoms with E-state index >= 15 is 0 Å². The topological polar surface area (TPSA) is 91.1 Å². The zero-order valence-electron chi connectivity index (χ0n) is 16.3. The van der Waals surface area contributed by atoms with Gasteiger partial charge in [0.25, 0.3) is 0 Å². The molecule has 0 aliphatic rings. The summed E-state index contributed by atoms with van der Waals surface area (Å²) in [7, 11) is 0. The summed E-state index contributed by atoms with van der Waals surface area (Å²) in [5.41, 5.74) is 11.4. The molecule has 2 N–H and O–H groups in total. The van der Waals surface area contributed by atoms with Crippen LogP contribution in [-0.4, -0.2) is 24.1 Å². The van der Waals surface area contributed by atoms with Crippen molar-refractivity contribution in [3.05, 3.63) is 64.3 Å². The van der Waals surface area contributed by atoms with Crippen LogP contribution < -0.4 is 11.4 Å². The molecule has 0 spiro atoms. The molecule has 0 saturated carbocycles. The third-order valence-corrected chi connectivity index (χ3v) is 4.62. The van der Waals surface area contributed by atoms with E-state index in [1.165, 1.54) is 9.08 Å². The number of aromatic nitrogens is 5. The molecule has 0 radical (unpaired) electrons. The summed E-state index contributed by atoms with van der Waals surface area (Å²) >= 11 is 0. The number of anilines is 1. The summed E-state index contributed by atoms with van der Waals surface area (Å²) < 4.78 is 2.82. The van der Waals surface area contributed by atoms with Crippen molar-refractivity contribution in [1.82, 2.24) is 24.1 Å². The van der Waals surface area contributed by atoms with Crippen molar-refractivity contribution in [3.8, 4) is 22.4 Å². The standard InChI is InChI=1S/C21H22N6O/c1-12(2)27-21(28)26-19(25-27)17(16-10-13(3)23-14(4)11-16)18(24-20(26)22)15-8-6-5-7-9-15/h5-12H,1-4H3,(H2,22,24). The van der Waals surface area contributed by atoms with E-state index in [9.17, 15) is 4.79 Å². The van der Waals surface area contributed by atoms with Crippen LogP contribution >= 0.6 is 0 Å². The minimum Gasteiger partial charge on any atom is -0.369 e. The number of nitrogens with two attached hydrogens (primary N) is 1. The molecule has 4 rings (SSSR count). The zero-order valence-corrected chi connectivity index (χ0v) is 16.3. The van der Waals surface area contributed by atoms with Crippen LogP contribution in [0.3, 0.4) is 0 Å². The van der Waals surface area contributed by atoms with Crippen molar-refractivity contribution in [1.29, 1.82) is 0 Å². The van der Waals surface area contributed by atoms with Gasteiger partial charge in [0, 0.05) is 17.0 Å². The first-order valence-electron chi connectivity index (χ1n) is 9.18. The first-order chi connectivity index (χ1) is 13.4. The van der Waals surface area contributed by atoms with Gasteiger partial charge in [-0.15, -0.1) is 5.10 Å². The minimum atomic E-state index is -0.293. The predicted octanol–water partition coefficient (Wildman–Crippen LogP) is 3.40. The molecule has 0 atom stereocenters. The maximum atomic E-state index is 12.9. The van der Waals surface area contributed by atoms with Crippen molar-refractivity contribution >= 4 is 11.6 Å². The highest BCUT2D eigenvalue weighted by Gasteiger charge is 2.22. The van der Waals surface area contributed by atoms with Gasteiger partial charge >= 0.3 is 5.69 Å². The molecule has 0 bridgehead atoms. The SMILES string of the molecule is Cc1cc(-c2c(-c3ccccc3)nc(N)n3c(=O)n(C(C)C)nc23)cc(C)n1. The lowest BCUT2D eigenvalue weighted by Gasteiger charge is -2.13. The van der Waals surface area contributed by atoms with E-state index in [-0.39, 0.29) is 17.7 Å². The second-order valence-corrected chi connectivity index (χ2v) is 7.18. The second kappa shape index (κ2) is 6.60. The Hall–Kier alpha value is -3.48. The van der Waals surface area contributed by atoms with Gasteiger partial charge < -0.3 is 5.73 Å². The molecule has 142 valence electrons. The Morgan fingerprint density at radius 1 is 0.964 bits per heavy atom.